The fourth-order valence-electron chi connectivity index (χ4n) is 2.23. The van der Waals surface area contributed by atoms with E-state index < -0.39 is 5.97 Å². The lowest BCUT2D eigenvalue weighted by Gasteiger charge is -2.09. The third-order valence-corrected chi connectivity index (χ3v) is 3.94. The number of nitrogens with zero attached hydrogens (tertiary/aromatic N) is 4. The highest BCUT2D eigenvalue weighted by atomic mass is 32.2. The van der Waals surface area contributed by atoms with Gasteiger partial charge in [0.15, 0.2) is 17.0 Å². The number of imidazole rings is 1. The van der Waals surface area contributed by atoms with E-state index >= 15 is 0 Å². The van der Waals surface area contributed by atoms with Crippen LogP contribution in [0.25, 0.3) is 11.2 Å². The third kappa shape index (κ3) is 3.11. The van der Waals surface area contributed by atoms with Crippen molar-refractivity contribution in [1.29, 1.82) is 0 Å². The first-order chi connectivity index (χ1) is 11.2. The van der Waals surface area contributed by atoms with Crippen LogP contribution in [-0.2, 0) is 6.54 Å². The lowest BCUT2D eigenvalue weighted by Crippen LogP contribution is -2.04. The van der Waals surface area contributed by atoms with Crippen molar-refractivity contribution < 1.29 is 9.90 Å². The smallest absolute Gasteiger partial charge is 0.337 e. The molecule has 0 aliphatic rings. The first-order valence-corrected chi connectivity index (χ1v) is 8.34. The SMILES string of the molecule is CSCCn1cnc2c(Nc3ccccc3C(=O)O)ncnc21. The Morgan fingerprint density at radius 2 is 2.13 bits per heavy atom. The zero-order chi connectivity index (χ0) is 16.2. The number of aryl methyl sites for hydroxylation is 1. The Balaban J connectivity index is 1.98. The number of thioether (sulfide) groups is 1. The standard InChI is InChI=1S/C15H15N5O2S/c1-23-7-6-20-9-18-12-13(16-8-17-14(12)20)19-11-5-3-2-4-10(11)15(21)22/h2-5,8-9H,6-7H2,1H3,(H,21,22)(H,16,17,19). The summed E-state index contributed by atoms with van der Waals surface area (Å²) in [7, 11) is 0. The molecule has 1 aromatic carbocycles. The van der Waals surface area contributed by atoms with Gasteiger partial charge in [-0.3, -0.25) is 0 Å². The average Bonchev–Trinajstić information content (AvgIpc) is 2.97. The molecule has 0 aliphatic carbocycles. The molecule has 8 heteroatoms. The predicted molar refractivity (Wildman–Crippen MR) is 90.4 cm³/mol. The van der Waals surface area contributed by atoms with E-state index in [9.17, 15) is 9.90 Å². The number of fused-ring (bicyclic) bond motifs is 1. The molecule has 118 valence electrons. The lowest BCUT2D eigenvalue weighted by molar-refractivity contribution is 0.0698. The number of carboxylic acids is 1. The molecule has 7 nitrogen and oxygen atoms in total. The lowest BCUT2D eigenvalue weighted by atomic mass is 10.2. The fraction of sp³-hybridized carbons (Fsp3) is 0.200. The molecule has 2 aromatic heterocycles. The van der Waals surface area contributed by atoms with E-state index in [0.29, 0.717) is 17.0 Å². The van der Waals surface area contributed by atoms with Crippen LogP contribution in [0.1, 0.15) is 10.4 Å². The number of para-hydroxylation sites is 1. The number of aromatic carboxylic acids is 1. The van der Waals surface area contributed by atoms with E-state index in [1.165, 1.54) is 6.33 Å². The normalized spacial score (nSPS) is 10.8. The Bertz CT molecular complexity index is 849. The second kappa shape index (κ2) is 6.66. The molecule has 0 saturated heterocycles. The second-order valence-electron chi connectivity index (χ2n) is 4.80. The van der Waals surface area contributed by atoms with Crippen molar-refractivity contribution in [1.82, 2.24) is 19.5 Å². The van der Waals surface area contributed by atoms with E-state index in [4.69, 9.17) is 0 Å². The minimum atomic E-state index is -0.996. The van der Waals surface area contributed by atoms with Gasteiger partial charge in [0.2, 0.25) is 0 Å². The highest BCUT2D eigenvalue weighted by molar-refractivity contribution is 7.98. The summed E-state index contributed by atoms with van der Waals surface area (Å²) in [6.07, 6.45) is 5.22. The third-order valence-electron chi connectivity index (χ3n) is 3.35. The molecule has 0 fully saturated rings. The van der Waals surface area contributed by atoms with Gasteiger partial charge in [-0.2, -0.15) is 11.8 Å². The first-order valence-electron chi connectivity index (χ1n) is 6.95. The van der Waals surface area contributed by atoms with Gasteiger partial charge in [0, 0.05) is 12.3 Å². The number of anilines is 2. The van der Waals surface area contributed by atoms with Crippen LogP contribution in [0.2, 0.25) is 0 Å². The molecule has 2 heterocycles. The van der Waals surface area contributed by atoms with E-state index in [1.54, 1.807) is 42.4 Å². The van der Waals surface area contributed by atoms with Gasteiger partial charge in [-0.25, -0.2) is 19.7 Å². The molecule has 2 N–H and O–H groups in total. The minimum Gasteiger partial charge on any atom is -0.478 e. The summed E-state index contributed by atoms with van der Waals surface area (Å²) in [4.78, 5) is 24.1. The van der Waals surface area contributed by atoms with Crippen LogP contribution >= 0.6 is 11.8 Å². The van der Waals surface area contributed by atoms with Gasteiger partial charge in [0.1, 0.15) is 6.33 Å². The van der Waals surface area contributed by atoms with Gasteiger partial charge in [-0.05, 0) is 18.4 Å². The van der Waals surface area contributed by atoms with Crippen molar-refractivity contribution >= 4 is 40.4 Å². The molecule has 0 spiro atoms. The van der Waals surface area contributed by atoms with Crippen molar-refractivity contribution in [3.63, 3.8) is 0 Å². The molecule has 0 atom stereocenters. The maximum Gasteiger partial charge on any atom is 0.337 e. The zero-order valence-corrected chi connectivity index (χ0v) is 13.2. The van der Waals surface area contributed by atoms with Crippen LogP contribution in [0.15, 0.2) is 36.9 Å². The summed E-state index contributed by atoms with van der Waals surface area (Å²) in [5.41, 5.74) is 2.00. The first kappa shape index (κ1) is 15.3. The number of nitrogens with one attached hydrogen (secondary N) is 1. The molecule has 0 radical (unpaired) electrons. The number of hydrogen-bond acceptors (Lipinski definition) is 6. The van der Waals surface area contributed by atoms with Crippen LogP contribution in [0, 0.1) is 0 Å². The molecule has 3 aromatic rings. The largest absolute Gasteiger partial charge is 0.478 e. The monoisotopic (exact) mass is 329 g/mol. The van der Waals surface area contributed by atoms with Gasteiger partial charge in [0.25, 0.3) is 0 Å². The van der Waals surface area contributed by atoms with E-state index in [0.717, 1.165) is 17.9 Å². The van der Waals surface area contributed by atoms with Crippen LogP contribution in [0.4, 0.5) is 11.5 Å². The van der Waals surface area contributed by atoms with Crippen LogP contribution in [0.5, 0.6) is 0 Å². The number of rotatable bonds is 6. The van der Waals surface area contributed by atoms with Crippen LogP contribution < -0.4 is 5.32 Å². The van der Waals surface area contributed by atoms with Gasteiger partial charge < -0.3 is 15.0 Å². The molecule has 0 aliphatic heterocycles. The molecule has 0 unspecified atom stereocenters. The number of hydrogen-bond donors (Lipinski definition) is 2. The number of aromatic nitrogens is 4. The summed E-state index contributed by atoms with van der Waals surface area (Å²) in [6.45, 7) is 0.805. The molecule has 0 bridgehead atoms. The van der Waals surface area contributed by atoms with E-state index in [-0.39, 0.29) is 5.56 Å². The minimum absolute atomic E-state index is 0.182. The highest BCUT2D eigenvalue weighted by Crippen LogP contribution is 2.24. The van der Waals surface area contributed by atoms with Crippen molar-refractivity contribution in [2.45, 2.75) is 6.54 Å². The van der Waals surface area contributed by atoms with E-state index in [1.807, 2.05) is 10.8 Å². The molecule has 0 amide bonds. The zero-order valence-electron chi connectivity index (χ0n) is 12.4. The van der Waals surface area contributed by atoms with Crippen molar-refractivity contribution in [2.75, 3.05) is 17.3 Å². The Labute approximate surface area is 136 Å². The summed E-state index contributed by atoms with van der Waals surface area (Å²) in [5.74, 6) is 0.454. The Morgan fingerprint density at radius 1 is 1.30 bits per heavy atom. The van der Waals surface area contributed by atoms with Crippen molar-refractivity contribution in [2.24, 2.45) is 0 Å². The predicted octanol–water partition coefficient (Wildman–Crippen LogP) is 2.63. The Morgan fingerprint density at radius 3 is 2.91 bits per heavy atom. The molecule has 23 heavy (non-hydrogen) atoms. The number of carbonyl (C=O) groups is 1. The average molecular weight is 329 g/mol. The second-order valence-corrected chi connectivity index (χ2v) is 5.79. The van der Waals surface area contributed by atoms with Crippen LogP contribution in [-0.4, -0.2) is 42.6 Å². The van der Waals surface area contributed by atoms with Gasteiger partial charge in [0.05, 0.1) is 17.6 Å². The summed E-state index contributed by atoms with van der Waals surface area (Å²) >= 11 is 1.75. The Kier molecular flexibility index (Phi) is 4.42. The molecule has 3 rings (SSSR count). The topological polar surface area (TPSA) is 92.9 Å². The molecular weight excluding hydrogens is 314 g/mol. The molecule has 0 saturated carbocycles. The van der Waals surface area contributed by atoms with Gasteiger partial charge in [-0.1, -0.05) is 12.1 Å². The Hall–Kier alpha value is -2.61. The summed E-state index contributed by atoms with van der Waals surface area (Å²) in [6, 6.07) is 6.69. The molecular formula is C15H15N5O2S. The summed E-state index contributed by atoms with van der Waals surface area (Å²) in [5, 5.41) is 12.3. The maximum atomic E-state index is 11.3. The van der Waals surface area contributed by atoms with E-state index in [2.05, 4.69) is 20.3 Å². The number of benzene rings is 1. The van der Waals surface area contributed by atoms with Crippen molar-refractivity contribution in [3.05, 3.63) is 42.5 Å². The van der Waals surface area contributed by atoms with Crippen molar-refractivity contribution in [3.8, 4) is 0 Å². The highest BCUT2D eigenvalue weighted by Gasteiger charge is 2.13. The fourth-order valence-corrected chi connectivity index (χ4v) is 2.61. The van der Waals surface area contributed by atoms with Gasteiger partial charge >= 0.3 is 5.97 Å². The number of carboxylic acid groups (broad SMARTS) is 1. The summed E-state index contributed by atoms with van der Waals surface area (Å²) < 4.78 is 1.96. The quantitative estimate of drug-likeness (QED) is 0.718. The van der Waals surface area contributed by atoms with Gasteiger partial charge in [-0.15, -0.1) is 0 Å². The van der Waals surface area contributed by atoms with Crippen LogP contribution in [0.3, 0.4) is 0 Å². The maximum absolute atomic E-state index is 11.3.